The summed E-state index contributed by atoms with van der Waals surface area (Å²) in [6.45, 7) is 2.00. The predicted molar refractivity (Wildman–Crippen MR) is 121 cm³/mol. The Hall–Kier alpha value is -2.63. The Morgan fingerprint density at radius 2 is 1.83 bits per heavy atom. The smallest absolute Gasteiger partial charge is 0.251 e. The molecule has 0 aliphatic carbocycles. The van der Waals surface area contributed by atoms with E-state index in [9.17, 15) is 4.79 Å². The third-order valence-electron chi connectivity index (χ3n) is 5.49. The van der Waals surface area contributed by atoms with E-state index < -0.39 is 6.23 Å². The van der Waals surface area contributed by atoms with Crippen LogP contribution < -0.4 is 4.74 Å². The molecule has 30 heavy (non-hydrogen) atoms. The lowest BCUT2D eigenvalue weighted by atomic mass is 9.95. The Labute approximate surface area is 188 Å². The highest BCUT2D eigenvalue weighted by Gasteiger charge is 2.43. The van der Waals surface area contributed by atoms with Crippen molar-refractivity contribution in [1.82, 2.24) is 5.01 Å². The van der Waals surface area contributed by atoms with Crippen LogP contribution in [0.5, 0.6) is 5.75 Å². The number of hydrogen-bond acceptors (Lipinski definition) is 4. The van der Waals surface area contributed by atoms with E-state index >= 15 is 0 Å². The summed E-state index contributed by atoms with van der Waals surface area (Å²) in [4.78, 5) is 13.4. The van der Waals surface area contributed by atoms with Crippen LogP contribution in [0.25, 0.3) is 0 Å². The molecule has 2 heterocycles. The standard InChI is InChI=1S/C24H18BrClN2O2/c1-14-2-4-16(5-3-14)23(29)24-28-21(19-12-17(25)8-11-22(19)30-24)13-20(27-28)15-6-9-18(26)10-7-15/h2-12,21,24H,13H2,1H3/t21-,24+/m1/s1. The molecule has 2 atom stereocenters. The molecule has 0 radical (unpaired) electrons. The van der Waals surface area contributed by atoms with Crippen LogP contribution in [0, 0.1) is 6.92 Å². The van der Waals surface area contributed by atoms with Crippen molar-refractivity contribution in [2.24, 2.45) is 5.10 Å². The van der Waals surface area contributed by atoms with Gasteiger partial charge in [-0.2, -0.15) is 5.10 Å². The fraction of sp³-hybridized carbons (Fsp3) is 0.167. The van der Waals surface area contributed by atoms with Gasteiger partial charge in [-0.25, -0.2) is 5.01 Å². The molecule has 3 aromatic rings. The van der Waals surface area contributed by atoms with Gasteiger partial charge in [0.05, 0.1) is 11.8 Å². The summed E-state index contributed by atoms with van der Waals surface area (Å²) >= 11 is 9.60. The van der Waals surface area contributed by atoms with Gasteiger partial charge in [0.1, 0.15) is 5.75 Å². The second kappa shape index (κ2) is 7.56. The Morgan fingerprint density at radius 3 is 2.57 bits per heavy atom. The lowest BCUT2D eigenvalue weighted by molar-refractivity contribution is -0.00459. The first-order chi connectivity index (χ1) is 14.5. The average molecular weight is 482 g/mol. The zero-order valence-corrected chi connectivity index (χ0v) is 18.5. The van der Waals surface area contributed by atoms with E-state index in [1.165, 1.54) is 0 Å². The van der Waals surface area contributed by atoms with Crippen molar-refractivity contribution in [2.45, 2.75) is 25.6 Å². The second-order valence-electron chi connectivity index (χ2n) is 7.54. The van der Waals surface area contributed by atoms with Crippen LogP contribution in [0.1, 0.15) is 39.5 Å². The molecule has 150 valence electrons. The van der Waals surface area contributed by atoms with E-state index in [0.717, 1.165) is 32.6 Å². The van der Waals surface area contributed by atoms with E-state index in [-0.39, 0.29) is 11.8 Å². The molecular formula is C24H18BrClN2O2. The third kappa shape index (κ3) is 3.42. The summed E-state index contributed by atoms with van der Waals surface area (Å²) in [7, 11) is 0. The lowest BCUT2D eigenvalue weighted by Crippen LogP contribution is -2.45. The van der Waals surface area contributed by atoms with E-state index in [2.05, 4.69) is 15.9 Å². The molecule has 5 rings (SSSR count). The molecule has 0 saturated heterocycles. The molecule has 0 saturated carbocycles. The number of hydrazone groups is 1. The molecule has 0 N–H and O–H groups in total. The van der Waals surface area contributed by atoms with Crippen molar-refractivity contribution in [3.63, 3.8) is 0 Å². The zero-order chi connectivity index (χ0) is 20.8. The number of aryl methyl sites for hydroxylation is 1. The maximum atomic E-state index is 13.4. The summed E-state index contributed by atoms with van der Waals surface area (Å²) in [5.74, 6) is 0.618. The van der Waals surface area contributed by atoms with Gasteiger partial charge in [-0.3, -0.25) is 4.79 Å². The van der Waals surface area contributed by atoms with E-state index in [0.29, 0.717) is 17.0 Å². The highest BCUT2D eigenvalue weighted by Crippen LogP contribution is 2.44. The first-order valence-electron chi connectivity index (χ1n) is 9.68. The molecule has 2 aliphatic rings. The van der Waals surface area contributed by atoms with E-state index in [1.807, 2.05) is 73.7 Å². The van der Waals surface area contributed by atoms with Crippen molar-refractivity contribution in [3.8, 4) is 5.75 Å². The summed E-state index contributed by atoms with van der Waals surface area (Å²) in [5.41, 5.74) is 4.64. The molecule has 3 aromatic carbocycles. The van der Waals surface area contributed by atoms with Crippen LogP contribution in [-0.4, -0.2) is 22.7 Å². The molecular weight excluding hydrogens is 464 g/mol. The zero-order valence-electron chi connectivity index (χ0n) is 16.2. The van der Waals surface area contributed by atoms with Gasteiger partial charge in [0, 0.05) is 27.0 Å². The summed E-state index contributed by atoms with van der Waals surface area (Å²) < 4.78 is 7.14. The molecule has 0 spiro atoms. The number of hydrogen-bond donors (Lipinski definition) is 0. The fourth-order valence-electron chi connectivity index (χ4n) is 3.91. The number of ketones is 1. The first kappa shape index (κ1) is 19.3. The molecule has 2 aliphatic heterocycles. The Morgan fingerprint density at radius 1 is 1.10 bits per heavy atom. The molecule has 0 unspecified atom stereocenters. The maximum Gasteiger partial charge on any atom is 0.251 e. The van der Waals surface area contributed by atoms with Gasteiger partial charge in [0.15, 0.2) is 0 Å². The number of ether oxygens (including phenoxy) is 1. The average Bonchev–Trinajstić information content (AvgIpc) is 3.19. The van der Waals surface area contributed by atoms with Crippen LogP contribution in [0.4, 0.5) is 0 Å². The topological polar surface area (TPSA) is 41.9 Å². The van der Waals surface area contributed by atoms with E-state index in [1.54, 1.807) is 5.01 Å². The number of benzene rings is 3. The number of nitrogens with zero attached hydrogens (tertiary/aromatic N) is 2. The second-order valence-corrected chi connectivity index (χ2v) is 8.89. The number of fused-ring (bicyclic) bond motifs is 3. The van der Waals surface area contributed by atoms with Gasteiger partial charge in [-0.15, -0.1) is 0 Å². The number of Topliss-reactive ketones (excluding diaryl/α,β-unsaturated/α-hetero) is 1. The van der Waals surface area contributed by atoms with Crippen molar-refractivity contribution < 1.29 is 9.53 Å². The van der Waals surface area contributed by atoms with Gasteiger partial charge >= 0.3 is 0 Å². The Kier molecular flexibility index (Phi) is 4.88. The molecule has 0 amide bonds. The number of halogens is 2. The minimum absolute atomic E-state index is 0.0728. The van der Waals surface area contributed by atoms with Crippen LogP contribution in [0.15, 0.2) is 76.3 Å². The minimum Gasteiger partial charge on any atom is -0.461 e. The van der Waals surface area contributed by atoms with Crippen LogP contribution >= 0.6 is 27.5 Å². The fourth-order valence-corrected chi connectivity index (χ4v) is 4.41. The van der Waals surface area contributed by atoms with Gasteiger partial charge in [-0.1, -0.05) is 69.5 Å². The van der Waals surface area contributed by atoms with Gasteiger partial charge in [0.2, 0.25) is 5.78 Å². The monoisotopic (exact) mass is 480 g/mol. The number of carbonyl (C=O) groups excluding carboxylic acids is 1. The van der Waals surface area contributed by atoms with Crippen molar-refractivity contribution >= 4 is 39.0 Å². The summed E-state index contributed by atoms with van der Waals surface area (Å²) in [6, 6.07) is 21.0. The van der Waals surface area contributed by atoms with Crippen LogP contribution in [0.3, 0.4) is 0 Å². The Bertz CT molecular complexity index is 1160. The van der Waals surface area contributed by atoms with E-state index in [4.69, 9.17) is 21.4 Å². The summed E-state index contributed by atoms with van der Waals surface area (Å²) in [5, 5.41) is 7.32. The SMILES string of the molecule is Cc1ccc(C(=O)[C@@H]2Oc3ccc(Br)cc3[C@H]3CC(c4ccc(Cl)cc4)=NN32)cc1. The predicted octanol–water partition coefficient (Wildman–Crippen LogP) is 6.16. The van der Waals surface area contributed by atoms with Crippen molar-refractivity contribution in [2.75, 3.05) is 0 Å². The van der Waals surface area contributed by atoms with Crippen molar-refractivity contribution in [1.29, 1.82) is 0 Å². The summed E-state index contributed by atoms with van der Waals surface area (Å²) in [6.07, 6.45) is -0.122. The van der Waals surface area contributed by atoms with Crippen LogP contribution in [0.2, 0.25) is 5.02 Å². The van der Waals surface area contributed by atoms with Gasteiger partial charge in [-0.05, 0) is 42.8 Å². The third-order valence-corrected chi connectivity index (χ3v) is 6.23. The number of rotatable bonds is 3. The molecule has 0 aromatic heterocycles. The first-order valence-corrected chi connectivity index (χ1v) is 10.9. The van der Waals surface area contributed by atoms with Crippen molar-refractivity contribution in [3.05, 3.63) is 98.5 Å². The number of carbonyl (C=O) groups is 1. The molecule has 4 nitrogen and oxygen atoms in total. The highest BCUT2D eigenvalue weighted by atomic mass is 79.9. The molecule has 6 heteroatoms. The van der Waals surface area contributed by atoms with Crippen LogP contribution in [-0.2, 0) is 0 Å². The van der Waals surface area contributed by atoms with Gasteiger partial charge < -0.3 is 4.74 Å². The quantitative estimate of drug-likeness (QED) is 0.421. The Balaban J connectivity index is 1.57. The van der Waals surface area contributed by atoms with Gasteiger partial charge in [0.25, 0.3) is 6.23 Å². The minimum atomic E-state index is -0.809. The molecule has 0 bridgehead atoms. The lowest BCUT2D eigenvalue weighted by Gasteiger charge is -2.37. The maximum absolute atomic E-state index is 13.4. The normalized spacial score (nSPS) is 19.6. The largest absolute Gasteiger partial charge is 0.461 e. The molecule has 0 fully saturated rings. The highest BCUT2D eigenvalue weighted by molar-refractivity contribution is 9.10.